The molecule has 3 rings (SSSR count). The van der Waals surface area contributed by atoms with Crippen LogP contribution in [0.3, 0.4) is 0 Å². The summed E-state index contributed by atoms with van der Waals surface area (Å²) in [5.41, 5.74) is 18.4. The van der Waals surface area contributed by atoms with Crippen molar-refractivity contribution in [2.75, 3.05) is 11.5 Å². The van der Waals surface area contributed by atoms with E-state index in [0.717, 1.165) is 11.3 Å². The maximum Gasteiger partial charge on any atom is 0.260 e. The summed E-state index contributed by atoms with van der Waals surface area (Å²) < 4.78 is 13.2. The molecule has 1 aromatic carbocycles. The van der Waals surface area contributed by atoms with Crippen molar-refractivity contribution in [3.05, 3.63) is 40.5 Å². The molecule has 1 amide bonds. The number of nitrogen functional groups attached to an aromatic ring is 2. The number of carbonyl (C=O) groups excluding carboxylic acids is 1. The van der Waals surface area contributed by atoms with Gasteiger partial charge in [-0.2, -0.15) is 5.26 Å². The van der Waals surface area contributed by atoms with Gasteiger partial charge in [-0.25, -0.2) is 9.37 Å². The lowest BCUT2D eigenvalue weighted by Crippen LogP contribution is -2.10. The fourth-order valence-corrected chi connectivity index (χ4v) is 3.34. The molecule has 0 unspecified atom stereocenters. The predicted octanol–water partition coefficient (Wildman–Crippen LogP) is 2.24. The average Bonchev–Trinajstić information content (AvgIpc) is 2.83. The summed E-state index contributed by atoms with van der Waals surface area (Å²) in [6.45, 7) is 0. The molecule has 8 heteroatoms. The first-order chi connectivity index (χ1) is 10.9. The maximum atomic E-state index is 13.2. The van der Waals surface area contributed by atoms with Gasteiger partial charge in [0.15, 0.2) is 0 Å². The van der Waals surface area contributed by atoms with E-state index in [1.807, 2.05) is 6.07 Å². The van der Waals surface area contributed by atoms with Crippen molar-refractivity contribution in [2.24, 2.45) is 5.73 Å². The second kappa shape index (κ2) is 5.23. The molecule has 0 radical (unpaired) electrons. The number of pyridine rings is 1. The Morgan fingerprint density at radius 3 is 2.48 bits per heavy atom. The predicted molar refractivity (Wildman–Crippen MR) is 87.1 cm³/mol. The van der Waals surface area contributed by atoms with Crippen LogP contribution in [0.2, 0.25) is 0 Å². The molecule has 0 bridgehead atoms. The monoisotopic (exact) mass is 327 g/mol. The summed E-state index contributed by atoms with van der Waals surface area (Å²) in [5, 5.41) is 9.83. The zero-order chi connectivity index (χ0) is 16.7. The van der Waals surface area contributed by atoms with E-state index in [1.54, 1.807) is 0 Å². The highest BCUT2D eigenvalue weighted by atomic mass is 32.1. The number of amides is 1. The minimum Gasteiger partial charge on any atom is -0.397 e. The number of primary amides is 1. The molecule has 114 valence electrons. The molecule has 0 aliphatic heterocycles. The van der Waals surface area contributed by atoms with Crippen LogP contribution in [-0.4, -0.2) is 10.9 Å². The van der Waals surface area contributed by atoms with Gasteiger partial charge in [-0.1, -0.05) is 12.1 Å². The molecular weight excluding hydrogens is 317 g/mol. The van der Waals surface area contributed by atoms with E-state index in [1.165, 1.54) is 24.3 Å². The number of fused-ring (bicyclic) bond motifs is 1. The third-order valence-corrected chi connectivity index (χ3v) is 4.49. The first kappa shape index (κ1) is 14.7. The molecule has 23 heavy (non-hydrogen) atoms. The van der Waals surface area contributed by atoms with Crippen LogP contribution in [0.15, 0.2) is 24.3 Å². The number of carbonyl (C=O) groups is 1. The average molecular weight is 327 g/mol. The number of aromatic nitrogens is 1. The van der Waals surface area contributed by atoms with Crippen LogP contribution >= 0.6 is 11.3 Å². The summed E-state index contributed by atoms with van der Waals surface area (Å²) in [5.74, 6) is -1.09. The Hall–Kier alpha value is -3.18. The summed E-state index contributed by atoms with van der Waals surface area (Å²) in [7, 11) is 0. The minimum atomic E-state index is -0.687. The van der Waals surface area contributed by atoms with Gasteiger partial charge in [0.25, 0.3) is 5.91 Å². The van der Waals surface area contributed by atoms with E-state index in [-0.39, 0.29) is 21.9 Å². The number of hydrogen-bond acceptors (Lipinski definition) is 6. The third kappa shape index (κ3) is 2.23. The number of thiophene rings is 1. The number of halogens is 1. The van der Waals surface area contributed by atoms with E-state index < -0.39 is 11.7 Å². The molecule has 0 fully saturated rings. The molecule has 6 N–H and O–H groups in total. The van der Waals surface area contributed by atoms with Gasteiger partial charge in [0.05, 0.1) is 5.69 Å². The Kier molecular flexibility index (Phi) is 3.35. The fraction of sp³-hybridized carbons (Fsp3) is 0. The number of benzene rings is 1. The number of anilines is 2. The van der Waals surface area contributed by atoms with Gasteiger partial charge in [0.1, 0.15) is 33.0 Å². The molecule has 0 aliphatic carbocycles. The topological polar surface area (TPSA) is 132 Å². The van der Waals surface area contributed by atoms with Crippen LogP contribution in [0.4, 0.5) is 15.9 Å². The second-order valence-corrected chi connectivity index (χ2v) is 5.75. The minimum absolute atomic E-state index is 0.0107. The Morgan fingerprint density at radius 2 is 1.91 bits per heavy atom. The molecule has 3 aromatic rings. The number of hydrogen-bond donors (Lipinski definition) is 3. The maximum absolute atomic E-state index is 13.2. The van der Waals surface area contributed by atoms with E-state index in [9.17, 15) is 14.4 Å². The summed E-state index contributed by atoms with van der Waals surface area (Å²) in [6.07, 6.45) is 0. The molecule has 6 nitrogen and oxygen atoms in total. The third-order valence-electron chi connectivity index (χ3n) is 3.37. The van der Waals surface area contributed by atoms with E-state index in [4.69, 9.17) is 17.2 Å². The highest BCUT2D eigenvalue weighted by Crippen LogP contribution is 2.42. The molecule has 0 atom stereocenters. The van der Waals surface area contributed by atoms with Crippen molar-refractivity contribution in [3.63, 3.8) is 0 Å². The summed E-state index contributed by atoms with van der Waals surface area (Å²) in [6, 6.07) is 7.52. The number of nitrogens with two attached hydrogens (primary N) is 3. The van der Waals surface area contributed by atoms with Gasteiger partial charge < -0.3 is 17.2 Å². The van der Waals surface area contributed by atoms with Gasteiger partial charge >= 0.3 is 0 Å². The van der Waals surface area contributed by atoms with Crippen molar-refractivity contribution in [2.45, 2.75) is 0 Å². The zero-order valence-corrected chi connectivity index (χ0v) is 12.4. The molecule has 2 aromatic heterocycles. The standard InChI is InChI=1S/C15H10FN5OS/c16-7-3-1-6(2-4-7)9-8(5-17)13(19)21-15-10(9)11(18)12(23-15)14(20)22/h1-4H,18H2,(H2,19,21)(H2,20,22). The van der Waals surface area contributed by atoms with Crippen LogP contribution in [0, 0.1) is 17.1 Å². The molecule has 0 saturated heterocycles. The van der Waals surface area contributed by atoms with Gasteiger partial charge in [-0.3, -0.25) is 4.79 Å². The lowest BCUT2D eigenvalue weighted by atomic mass is 9.97. The highest BCUT2D eigenvalue weighted by Gasteiger charge is 2.23. The largest absolute Gasteiger partial charge is 0.397 e. The number of rotatable bonds is 2. The van der Waals surface area contributed by atoms with Crippen molar-refractivity contribution >= 4 is 39.0 Å². The van der Waals surface area contributed by atoms with Gasteiger partial charge in [-0.15, -0.1) is 11.3 Å². The van der Waals surface area contributed by atoms with Crippen molar-refractivity contribution < 1.29 is 9.18 Å². The Balaban J connectivity index is 2.48. The van der Waals surface area contributed by atoms with Crippen molar-refractivity contribution in [3.8, 4) is 17.2 Å². The summed E-state index contributed by atoms with van der Waals surface area (Å²) >= 11 is 1.00. The van der Waals surface area contributed by atoms with Gasteiger partial charge in [0.2, 0.25) is 0 Å². The van der Waals surface area contributed by atoms with Crippen molar-refractivity contribution in [1.29, 1.82) is 5.26 Å². The van der Waals surface area contributed by atoms with Gasteiger partial charge in [-0.05, 0) is 17.7 Å². The van der Waals surface area contributed by atoms with Crippen LogP contribution in [0.5, 0.6) is 0 Å². The summed E-state index contributed by atoms with van der Waals surface area (Å²) in [4.78, 5) is 16.2. The SMILES string of the molecule is N#Cc1c(N)nc2sc(C(N)=O)c(N)c2c1-c1ccc(F)cc1. The normalized spacial score (nSPS) is 10.6. The number of nitriles is 1. The molecule has 0 aliphatic rings. The van der Waals surface area contributed by atoms with E-state index in [2.05, 4.69) is 4.98 Å². The molecule has 0 spiro atoms. The van der Waals surface area contributed by atoms with E-state index >= 15 is 0 Å². The van der Waals surface area contributed by atoms with Crippen molar-refractivity contribution in [1.82, 2.24) is 4.98 Å². The molecule has 2 heterocycles. The fourth-order valence-electron chi connectivity index (χ4n) is 2.37. The first-order valence-electron chi connectivity index (χ1n) is 6.41. The lowest BCUT2D eigenvalue weighted by molar-refractivity contribution is 0.100. The highest BCUT2D eigenvalue weighted by molar-refractivity contribution is 7.21. The van der Waals surface area contributed by atoms with Crippen LogP contribution in [-0.2, 0) is 0 Å². The van der Waals surface area contributed by atoms with Crippen LogP contribution < -0.4 is 17.2 Å². The Labute approximate surface area is 133 Å². The van der Waals surface area contributed by atoms with E-state index in [0.29, 0.717) is 21.3 Å². The first-order valence-corrected chi connectivity index (χ1v) is 7.23. The van der Waals surface area contributed by atoms with Crippen LogP contribution in [0.25, 0.3) is 21.3 Å². The Morgan fingerprint density at radius 1 is 1.26 bits per heavy atom. The Bertz CT molecular complexity index is 988. The van der Waals surface area contributed by atoms with Gasteiger partial charge in [0, 0.05) is 10.9 Å². The zero-order valence-electron chi connectivity index (χ0n) is 11.6. The second-order valence-electron chi connectivity index (χ2n) is 4.76. The molecular formula is C15H10FN5OS. The van der Waals surface area contributed by atoms with Crippen LogP contribution in [0.1, 0.15) is 15.2 Å². The smallest absolute Gasteiger partial charge is 0.260 e. The molecule has 0 saturated carbocycles. The quantitative estimate of drug-likeness (QED) is 0.664. The number of nitrogens with zero attached hydrogens (tertiary/aromatic N) is 2. The lowest BCUT2D eigenvalue weighted by Gasteiger charge is -2.09.